The lowest BCUT2D eigenvalue weighted by atomic mass is 10.2. The van der Waals surface area contributed by atoms with Crippen molar-refractivity contribution in [3.63, 3.8) is 0 Å². The van der Waals surface area contributed by atoms with E-state index in [9.17, 15) is 4.79 Å². The van der Waals surface area contributed by atoms with Crippen LogP contribution in [-0.4, -0.2) is 16.3 Å². The van der Waals surface area contributed by atoms with Gasteiger partial charge in [-0.2, -0.15) is 0 Å². The second kappa shape index (κ2) is 4.83. The van der Waals surface area contributed by atoms with Crippen LogP contribution in [0.2, 0.25) is 0 Å². The number of hydrogen-bond donors (Lipinski definition) is 2. The second-order valence-corrected chi connectivity index (χ2v) is 4.22. The van der Waals surface area contributed by atoms with Crippen molar-refractivity contribution in [3.8, 4) is 0 Å². The van der Waals surface area contributed by atoms with Crippen LogP contribution in [0.1, 0.15) is 31.1 Å². The van der Waals surface area contributed by atoms with E-state index in [0.717, 1.165) is 6.54 Å². The van der Waals surface area contributed by atoms with Gasteiger partial charge in [0.15, 0.2) is 0 Å². The molecule has 1 heterocycles. The van der Waals surface area contributed by atoms with Crippen molar-refractivity contribution in [1.82, 2.24) is 4.57 Å². The van der Waals surface area contributed by atoms with Crippen LogP contribution in [0.4, 0.5) is 5.82 Å². The topological polar surface area (TPSA) is 86.4 Å². The third-order valence-electron chi connectivity index (χ3n) is 2.04. The van der Waals surface area contributed by atoms with Crippen LogP contribution in [0.5, 0.6) is 0 Å². The van der Waals surface area contributed by atoms with Crippen molar-refractivity contribution in [2.75, 3.05) is 0 Å². The van der Waals surface area contributed by atoms with Crippen molar-refractivity contribution >= 4 is 17.6 Å². The molecule has 1 aromatic heterocycles. The maximum absolute atomic E-state index is 11.2. The number of carbonyl (C=O) groups excluding carboxylic acids is 1. The van der Waals surface area contributed by atoms with Gasteiger partial charge in [-0.1, -0.05) is 13.8 Å². The van der Waals surface area contributed by atoms with Gasteiger partial charge in [0.05, 0.1) is 11.4 Å². The fraction of sp³-hybridized carbons (Fsp3) is 0.455. The summed E-state index contributed by atoms with van der Waals surface area (Å²) in [5.74, 6) is 0.926. The largest absolute Gasteiger partial charge is 0.387 e. The van der Waals surface area contributed by atoms with E-state index in [4.69, 9.17) is 11.5 Å². The Balaban J connectivity index is 3.19. The van der Waals surface area contributed by atoms with Crippen molar-refractivity contribution in [3.05, 3.63) is 17.8 Å². The Morgan fingerprint density at radius 1 is 1.50 bits per heavy atom. The van der Waals surface area contributed by atoms with E-state index in [1.54, 1.807) is 13.0 Å². The summed E-state index contributed by atoms with van der Waals surface area (Å²) in [7, 11) is 0. The average molecular weight is 222 g/mol. The molecule has 0 spiro atoms. The number of primary amides is 1. The Morgan fingerprint density at radius 3 is 2.56 bits per heavy atom. The predicted octanol–water partition coefficient (Wildman–Crippen LogP) is 1.25. The lowest BCUT2D eigenvalue weighted by molar-refractivity contribution is 0.100. The monoisotopic (exact) mass is 222 g/mol. The molecule has 0 aromatic carbocycles. The summed E-state index contributed by atoms with van der Waals surface area (Å²) in [4.78, 5) is 15.4. The molecule has 0 aliphatic rings. The Kier molecular flexibility index (Phi) is 3.71. The molecule has 0 fully saturated rings. The molecule has 0 saturated heterocycles. The Labute approximate surface area is 95.1 Å². The van der Waals surface area contributed by atoms with Gasteiger partial charge < -0.3 is 16.0 Å². The van der Waals surface area contributed by atoms with Gasteiger partial charge in [-0.25, -0.2) is 4.99 Å². The first-order valence-electron chi connectivity index (χ1n) is 5.21. The molecule has 0 aliphatic heterocycles. The molecule has 0 saturated carbocycles. The molecule has 4 N–H and O–H groups in total. The Hall–Kier alpha value is -1.78. The van der Waals surface area contributed by atoms with Gasteiger partial charge in [0.25, 0.3) is 5.91 Å². The van der Waals surface area contributed by atoms with Crippen molar-refractivity contribution < 1.29 is 4.79 Å². The molecule has 1 amide bonds. The highest BCUT2D eigenvalue weighted by molar-refractivity contribution is 5.98. The summed E-state index contributed by atoms with van der Waals surface area (Å²) in [6, 6.07) is 1.67. The van der Waals surface area contributed by atoms with Crippen molar-refractivity contribution in [2.24, 2.45) is 22.4 Å². The molecule has 5 heteroatoms. The van der Waals surface area contributed by atoms with Crippen LogP contribution in [-0.2, 0) is 6.54 Å². The zero-order chi connectivity index (χ0) is 12.3. The standard InChI is InChI=1S/C11H18N4O/c1-7(2)6-15-5-4-9(10(13)16)11(15)14-8(3)12/h4-5,7H,6H2,1-3H3,(H2,12,14)(H2,13,16). The average Bonchev–Trinajstić information content (AvgIpc) is 2.47. The molecule has 16 heavy (non-hydrogen) atoms. The quantitative estimate of drug-likeness (QED) is 0.593. The summed E-state index contributed by atoms with van der Waals surface area (Å²) < 4.78 is 1.89. The van der Waals surface area contributed by atoms with Gasteiger partial charge in [-0.3, -0.25) is 4.79 Å². The second-order valence-electron chi connectivity index (χ2n) is 4.22. The summed E-state index contributed by atoms with van der Waals surface area (Å²) >= 11 is 0. The first kappa shape index (κ1) is 12.3. The first-order chi connectivity index (χ1) is 7.41. The summed E-state index contributed by atoms with van der Waals surface area (Å²) in [6.45, 7) is 6.64. The molecule has 5 nitrogen and oxygen atoms in total. The Bertz CT molecular complexity index is 414. The molecule has 0 aliphatic carbocycles. The Morgan fingerprint density at radius 2 is 2.12 bits per heavy atom. The molecular formula is C11H18N4O. The highest BCUT2D eigenvalue weighted by Gasteiger charge is 2.13. The summed E-state index contributed by atoms with van der Waals surface area (Å²) in [6.07, 6.45) is 1.81. The zero-order valence-corrected chi connectivity index (χ0v) is 9.90. The highest BCUT2D eigenvalue weighted by atomic mass is 16.1. The predicted molar refractivity (Wildman–Crippen MR) is 64.7 cm³/mol. The van der Waals surface area contributed by atoms with E-state index in [0.29, 0.717) is 23.1 Å². The third-order valence-corrected chi connectivity index (χ3v) is 2.04. The molecule has 1 aromatic rings. The minimum absolute atomic E-state index is 0.408. The van der Waals surface area contributed by atoms with E-state index in [1.807, 2.05) is 10.8 Å². The van der Waals surface area contributed by atoms with Crippen LogP contribution in [0.3, 0.4) is 0 Å². The number of aliphatic imine (C=N–C) groups is 1. The number of nitrogens with two attached hydrogens (primary N) is 2. The number of amidine groups is 1. The molecule has 0 unspecified atom stereocenters. The summed E-state index contributed by atoms with van der Waals surface area (Å²) in [5.41, 5.74) is 11.2. The summed E-state index contributed by atoms with van der Waals surface area (Å²) in [5, 5.41) is 0. The first-order valence-corrected chi connectivity index (χ1v) is 5.21. The maximum Gasteiger partial charge on any atom is 0.252 e. The van der Waals surface area contributed by atoms with E-state index in [-0.39, 0.29) is 0 Å². The van der Waals surface area contributed by atoms with Gasteiger partial charge in [-0.15, -0.1) is 0 Å². The number of aromatic nitrogens is 1. The van der Waals surface area contributed by atoms with Crippen LogP contribution < -0.4 is 11.5 Å². The van der Waals surface area contributed by atoms with Crippen LogP contribution in [0.15, 0.2) is 17.3 Å². The molecule has 0 bridgehead atoms. The van der Waals surface area contributed by atoms with Crippen LogP contribution in [0.25, 0.3) is 0 Å². The number of carbonyl (C=O) groups is 1. The number of amides is 1. The van der Waals surface area contributed by atoms with Crippen molar-refractivity contribution in [2.45, 2.75) is 27.3 Å². The number of nitrogens with zero attached hydrogens (tertiary/aromatic N) is 2. The smallest absolute Gasteiger partial charge is 0.252 e. The SMILES string of the molecule is C/C(N)=N\c1c(C(N)=O)ccn1CC(C)C. The van der Waals surface area contributed by atoms with Gasteiger partial charge >= 0.3 is 0 Å². The fourth-order valence-corrected chi connectivity index (χ4v) is 1.49. The minimum atomic E-state index is -0.484. The zero-order valence-electron chi connectivity index (χ0n) is 9.90. The van der Waals surface area contributed by atoms with Crippen LogP contribution >= 0.6 is 0 Å². The molecule has 1 rings (SSSR count). The van der Waals surface area contributed by atoms with E-state index in [2.05, 4.69) is 18.8 Å². The van der Waals surface area contributed by atoms with Gasteiger partial charge in [0.2, 0.25) is 0 Å². The maximum atomic E-state index is 11.2. The minimum Gasteiger partial charge on any atom is -0.387 e. The number of rotatable bonds is 4. The van der Waals surface area contributed by atoms with E-state index >= 15 is 0 Å². The fourth-order valence-electron chi connectivity index (χ4n) is 1.49. The molecule has 0 atom stereocenters. The van der Waals surface area contributed by atoms with E-state index < -0.39 is 5.91 Å². The van der Waals surface area contributed by atoms with Gasteiger partial charge in [0, 0.05) is 12.7 Å². The molecule has 0 radical (unpaired) electrons. The van der Waals surface area contributed by atoms with E-state index in [1.165, 1.54) is 0 Å². The van der Waals surface area contributed by atoms with Crippen molar-refractivity contribution in [1.29, 1.82) is 0 Å². The van der Waals surface area contributed by atoms with Gasteiger partial charge in [-0.05, 0) is 18.9 Å². The molecular weight excluding hydrogens is 204 g/mol. The highest BCUT2D eigenvalue weighted by Crippen LogP contribution is 2.21. The normalized spacial score (nSPS) is 12.1. The number of hydrogen-bond acceptors (Lipinski definition) is 2. The lowest BCUT2D eigenvalue weighted by Gasteiger charge is -2.09. The van der Waals surface area contributed by atoms with Crippen LogP contribution in [0, 0.1) is 5.92 Å². The van der Waals surface area contributed by atoms with Gasteiger partial charge in [0.1, 0.15) is 5.82 Å². The third kappa shape index (κ3) is 2.85. The lowest BCUT2D eigenvalue weighted by Crippen LogP contribution is -2.13. The molecule has 88 valence electrons.